The number of rotatable bonds is 17. The Kier molecular flexibility index (Phi) is 21.0. The molecule has 0 fully saturated rings. The van der Waals surface area contributed by atoms with Gasteiger partial charge in [0.2, 0.25) is 11.8 Å². The van der Waals surface area contributed by atoms with Crippen LogP contribution in [0.3, 0.4) is 0 Å². The number of benzene rings is 4. The first kappa shape index (κ1) is 55.8. The summed E-state index contributed by atoms with van der Waals surface area (Å²) < 4.78 is 93.0. The third-order valence-corrected chi connectivity index (χ3v) is 10.2. The minimum atomic E-state index is -4.37. The van der Waals surface area contributed by atoms with E-state index in [4.69, 9.17) is 19.3 Å². The number of ether oxygens (including phenoxy) is 3. The van der Waals surface area contributed by atoms with Crippen LogP contribution in [0.15, 0.2) is 134 Å². The minimum absolute atomic E-state index is 0. The second-order valence-electron chi connectivity index (χ2n) is 15.7. The SMILES string of the molecule is CC(C)[C@@H](COc1ccc(-c2ccc(C(F)(F)F)cc2)cn1)Nc1ccc(C(=O)O)cc1.CCOC(=O)c1ccc(N[C@H](COc2ccc(-c3ccc(C(F)(F)F)cc3)cn2)C(C)C)cc1.[Li+].[OH-]. The molecule has 0 amide bonds. The maximum Gasteiger partial charge on any atom is 1.00 e. The number of nitrogens with zero attached hydrogens (tertiary/aromatic N) is 2. The number of alkyl halides is 6. The zero-order valence-corrected chi connectivity index (χ0v) is 38.2. The first-order chi connectivity index (χ1) is 31.3. The van der Waals surface area contributed by atoms with Gasteiger partial charge in [0.1, 0.15) is 13.2 Å². The Labute approximate surface area is 402 Å². The van der Waals surface area contributed by atoms with Crippen molar-refractivity contribution >= 4 is 23.3 Å². The molecule has 0 aliphatic heterocycles. The van der Waals surface area contributed by atoms with Gasteiger partial charge in [-0.1, -0.05) is 52.0 Å². The van der Waals surface area contributed by atoms with E-state index in [0.29, 0.717) is 59.4 Å². The molecular formula is C50H51F6LiN4O7. The van der Waals surface area contributed by atoms with Gasteiger partial charge in [0.15, 0.2) is 0 Å². The molecule has 6 rings (SSSR count). The van der Waals surface area contributed by atoms with Gasteiger partial charge in [-0.25, -0.2) is 19.6 Å². The predicted molar refractivity (Wildman–Crippen MR) is 243 cm³/mol. The van der Waals surface area contributed by atoms with Crippen molar-refractivity contribution in [3.05, 3.63) is 156 Å². The van der Waals surface area contributed by atoms with Gasteiger partial charge in [-0.15, -0.1) is 0 Å². The number of halogens is 6. The van der Waals surface area contributed by atoms with E-state index in [1.165, 1.54) is 36.4 Å². The van der Waals surface area contributed by atoms with Gasteiger partial charge in [0.25, 0.3) is 0 Å². The zero-order valence-electron chi connectivity index (χ0n) is 38.2. The molecule has 4 aromatic carbocycles. The second-order valence-corrected chi connectivity index (χ2v) is 15.7. The smallest absolute Gasteiger partial charge is 0.870 e. The largest absolute Gasteiger partial charge is 1.00 e. The summed E-state index contributed by atoms with van der Waals surface area (Å²) in [7, 11) is 0. The Morgan fingerprint density at radius 3 is 1.21 bits per heavy atom. The van der Waals surface area contributed by atoms with Crippen molar-refractivity contribution in [2.45, 2.75) is 59.1 Å². The second kappa shape index (κ2) is 25.6. The van der Waals surface area contributed by atoms with E-state index in [0.717, 1.165) is 35.6 Å². The van der Waals surface area contributed by atoms with Crippen LogP contribution < -0.4 is 39.0 Å². The summed E-state index contributed by atoms with van der Waals surface area (Å²) in [4.78, 5) is 31.3. The quantitative estimate of drug-likeness (QED) is 0.0454. The first-order valence-electron chi connectivity index (χ1n) is 21.0. The molecule has 2 aromatic heterocycles. The summed E-state index contributed by atoms with van der Waals surface area (Å²) in [6.45, 7) is 11.0. The van der Waals surface area contributed by atoms with Crippen LogP contribution in [0.25, 0.3) is 22.3 Å². The molecule has 68 heavy (non-hydrogen) atoms. The molecule has 0 spiro atoms. The maximum absolute atomic E-state index is 12.7. The average Bonchev–Trinajstić information content (AvgIpc) is 3.29. The fourth-order valence-corrected chi connectivity index (χ4v) is 6.18. The molecule has 2 atom stereocenters. The third kappa shape index (κ3) is 16.7. The molecule has 6 aromatic rings. The Morgan fingerprint density at radius 1 is 0.559 bits per heavy atom. The standard InChI is InChI=1S/C26H27F3N2O3.C24H23F3N2O3.Li.H2O/c1-4-33-25(32)19-7-12-22(13-8-19)31-23(17(2)3)16-34-24-14-9-20(15-30-24)18-5-10-21(11-6-18)26(27,28)29;1-15(2)21(29-20-10-5-17(6-11-20)23(30)31)14-32-22-12-7-18(13-28-22)16-3-8-19(9-4-16)24(25,26)27;;/h5-15,17,23,31H,4,16H2,1-3H3;3-13,15,21,29H,14H2,1-2H3,(H,30,31);;1H2/q;;+1;/p-1/t23-;21-;;/m11../s1. The molecule has 11 nitrogen and oxygen atoms in total. The van der Waals surface area contributed by atoms with Gasteiger partial charge in [0, 0.05) is 47.0 Å². The average molecular weight is 941 g/mol. The number of hydrogen-bond acceptors (Lipinski definition) is 10. The predicted octanol–water partition coefficient (Wildman–Crippen LogP) is 9.27. The Bertz CT molecular complexity index is 2460. The molecule has 2 heterocycles. The maximum atomic E-state index is 12.7. The van der Waals surface area contributed by atoms with Crippen molar-refractivity contribution in [3.8, 4) is 34.0 Å². The monoisotopic (exact) mass is 940 g/mol. The van der Waals surface area contributed by atoms with Gasteiger partial charge in [0.05, 0.1) is 40.9 Å². The van der Waals surface area contributed by atoms with Gasteiger partial charge in [-0.3, -0.25) is 0 Å². The van der Waals surface area contributed by atoms with Crippen molar-refractivity contribution in [1.82, 2.24) is 9.97 Å². The van der Waals surface area contributed by atoms with E-state index < -0.39 is 29.4 Å². The molecule has 0 unspecified atom stereocenters. The summed E-state index contributed by atoms with van der Waals surface area (Å²) in [5.74, 6) is -0.0541. The molecule has 0 radical (unpaired) electrons. The molecular weight excluding hydrogens is 889 g/mol. The number of carboxylic acids is 1. The normalized spacial score (nSPS) is 12.0. The Morgan fingerprint density at radius 2 is 0.912 bits per heavy atom. The number of aromatic nitrogens is 2. The molecule has 0 bridgehead atoms. The number of nitrogens with one attached hydrogen (secondary N) is 2. The van der Waals surface area contributed by atoms with E-state index in [1.54, 1.807) is 67.8 Å². The van der Waals surface area contributed by atoms with Crippen molar-refractivity contribution in [3.63, 3.8) is 0 Å². The minimum Gasteiger partial charge on any atom is -0.870 e. The van der Waals surface area contributed by atoms with Crippen molar-refractivity contribution in [2.75, 3.05) is 30.5 Å². The van der Waals surface area contributed by atoms with E-state index in [2.05, 4.69) is 34.4 Å². The van der Waals surface area contributed by atoms with Crippen LogP contribution in [0, 0.1) is 11.8 Å². The molecule has 0 aliphatic rings. The number of carbonyl (C=O) groups excluding carboxylic acids is 1. The number of hydrogen-bond donors (Lipinski definition) is 3. The van der Waals surface area contributed by atoms with E-state index in [-0.39, 0.29) is 59.8 Å². The molecule has 0 aliphatic carbocycles. The number of carboxylic acid groups (broad SMARTS) is 1. The van der Waals surface area contributed by atoms with Crippen LogP contribution in [0.5, 0.6) is 11.8 Å². The van der Waals surface area contributed by atoms with Crippen LogP contribution in [0.1, 0.15) is 66.5 Å². The van der Waals surface area contributed by atoms with Gasteiger partial charge < -0.3 is 35.4 Å². The van der Waals surface area contributed by atoms with Gasteiger partial charge in [-0.05, 0) is 115 Å². The zero-order chi connectivity index (χ0) is 48.0. The first-order valence-corrected chi connectivity index (χ1v) is 21.0. The molecule has 0 saturated carbocycles. The fraction of sp³-hybridized carbons (Fsp3) is 0.280. The molecule has 4 N–H and O–H groups in total. The Hall–Kier alpha value is -6.54. The Balaban J connectivity index is 0.000000351. The number of pyridine rings is 2. The van der Waals surface area contributed by atoms with Crippen molar-refractivity contribution in [1.29, 1.82) is 0 Å². The van der Waals surface area contributed by atoms with Gasteiger partial charge in [-0.2, -0.15) is 26.3 Å². The topological polar surface area (TPSA) is 162 Å². The molecule has 356 valence electrons. The number of carbonyl (C=O) groups is 2. The summed E-state index contributed by atoms with van der Waals surface area (Å²) >= 11 is 0. The van der Waals surface area contributed by atoms with Crippen LogP contribution in [-0.2, 0) is 17.1 Å². The third-order valence-electron chi connectivity index (χ3n) is 10.2. The molecule has 0 saturated heterocycles. The van der Waals surface area contributed by atoms with E-state index in [9.17, 15) is 35.9 Å². The van der Waals surface area contributed by atoms with E-state index in [1.807, 2.05) is 26.0 Å². The van der Waals surface area contributed by atoms with Crippen LogP contribution in [0.4, 0.5) is 37.7 Å². The molecule has 18 heteroatoms. The van der Waals surface area contributed by atoms with Crippen LogP contribution >= 0.6 is 0 Å². The van der Waals surface area contributed by atoms with Gasteiger partial charge >= 0.3 is 43.2 Å². The summed E-state index contributed by atoms with van der Waals surface area (Å²) in [5, 5.41) is 15.7. The van der Waals surface area contributed by atoms with Crippen LogP contribution in [0.2, 0.25) is 0 Å². The summed E-state index contributed by atoms with van der Waals surface area (Å²) in [6.07, 6.45) is -5.60. The van der Waals surface area contributed by atoms with Crippen LogP contribution in [-0.4, -0.2) is 64.4 Å². The number of anilines is 2. The summed E-state index contributed by atoms with van der Waals surface area (Å²) in [6, 6.07) is 30.2. The number of aromatic carboxylic acids is 1. The van der Waals surface area contributed by atoms with E-state index >= 15 is 0 Å². The number of esters is 1. The van der Waals surface area contributed by atoms with Crippen molar-refractivity contribution in [2.24, 2.45) is 11.8 Å². The van der Waals surface area contributed by atoms with Crippen molar-refractivity contribution < 1.29 is 79.6 Å². The fourth-order valence-electron chi connectivity index (χ4n) is 6.18. The summed E-state index contributed by atoms with van der Waals surface area (Å²) in [5.41, 5.74) is 3.59.